The molecule has 1 aliphatic heterocycles. The Kier molecular flexibility index (Phi) is 3.86. The summed E-state index contributed by atoms with van der Waals surface area (Å²) in [6.45, 7) is 1.20. The normalized spacial score (nSPS) is 17.5. The number of thiazole rings is 1. The molecule has 1 atom stereocenters. The van der Waals surface area contributed by atoms with E-state index in [2.05, 4.69) is 4.98 Å². The molecule has 1 N–H and O–H groups in total. The van der Waals surface area contributed by atoms with Crippen molar-refractivity contribution < 1.29 is 19.6 Å². The van der Waals surface area contributed by atoms with E-state index in [0.717, 1.165) is 16.2 Å². The van der Waals surface area contributed by atoms with Gasteiger partial charge in [0, 0.05) is 17.6 Å². The van der Waals surface area contributed by atoms with Crippen LogP contribution in [-0.2, 0) is 9.59 Å². The zero-order valence-electron chi connectivity index (χ0n) is 12.4. The summed E-state index contributed by atoms with van der Waals surface area (Å²) in [5.41, 5.74) is -0.282. The summed E-state index contributed by atoms with van der Waals surface area (Å²) in [5, 5.41) is 23.3. The van der Waals surface area contributed by atoms with Gasteiger partial charge >= 0.3 is 0 Å². The number of ketones is 1. The zero-order chi connectivity index (χ0) is 17.4. The minimum atomic E-state index is -1.09. The van der Waals surface area contributed by atoms with Crippen LogP contribution in [0.5, 0.6) is 0 Å². The van der Waals surface area contributed by atoms with Crippen LogP contribution >= 0.6 is 11.3 Å². The molecule has 3 rings (SSSR count). The third-order valence-corrected chi connectivity index (χ3v) is 4.41. The number of aliphatic hydroxyl groups excluding tert-OH is 1. The van der Waals surface area contributed by atoms with E-state index in [1.54, 1.807) is 11.4 Å². The van der Waals surface area contributed by atoms with Crippen LogP contribution in [0.25, 0.3) is 0 Å². The predicted octanol–water partition coefficient (Wildman–Crippen LogP) is 2.54. The second-order valence-electron chi connectivity index (χ2n) is 5.03. The van der Waals surface area contributed by atoms with Gasteiger partial charge in [-0.2, -0.15) is 0 Å². The summed E-state index contributed by atoms with van der Waals surface area (Å²) in [6, 6.07) is 4.71. The first kappa shape index (κ1) is 15.8. The van der Waals surface area contributed by atoms with E-state index in [-0.39, 0.29) is 22.0 Å². The van der Waals surface area contributed by atoms with Crippen LogP contribution < -0.4 is 4.90 Å². The van der Waals surface area contributed by atoms with Crippen LogP contribution in [0.3, 0.4) is 0 Å². The fraction of sp³-hybridized carbons (Fsp3) is 0.133. The molecule has 0 fully saturated rings. The molecule has 0 spiro atoms. The van der Waals surface area contributed by atoms with Gasteiger partial charge in [0.25, 0.3) is 11.6 Å². The van der Waals surface area contributed by atoms with Gasteiger partial charge < -0.3 is 5.11 Å². The molecule has 1 aromatic carbocycles. The van der Waals surface area contributed by atoms with Gasteiger partial charge in [0.15, 0.2) is 16.7 Å². The quantitative estimate of drug-likeness (QED) is 0.673. The molecule has 122 valence electrons. The van der Waals surface area contributed by atoms with Crippen molar-refractivity contribution in [3.8, 4) is 0 Å². The summed E-state index contributed by atoms with van der Waals surface area (Å²) in [7, 11) is 0. The maximum atomic E-state index is 12.4. The smallest absolute Gasteiger partial charge is 0.296 e. The van der Waals surface area contributed by atoms with E-state index in [9.17, 15) is 24.8 Å². The minimum Gasteiger partial charge on any atom is -0.503 e. The first-order valence-corrected chi connectivity index (χ1v) is 7.72. The van der Waals surface area contributed by atoms with Gasteiger partial charge in [0.05, 0.1) is 16.1 Å². The van der Waals surface area contributed by atoms with Crippen molar-refractivity contribution >= 4 is 33.8 Å². The Morgan fingerprint density at radius 2 is 2.12 bits per heavy atom. The van der Waals surface area contributed by atoms with Gasteiger partial charge in [-0.3, -0.25) is 24.6 Å². The fourth-order valence-electron chi connectivity index (χ4n) is 2.68. The topological polar surface area (TPSA) is 114 Å². The van der Waals surface area contributed by atoms with Gasteiger partial charge in [0.2, 0.25) is 0 Å². The second-order valence-corrected chi connectivity index (χ2v) is 5.90. The van der Waals surface area contributed by atoms with Gasteiger partial charge in [-0.1, -0.05) is 12.1 Å². The monoisotopic (exact) mass is 345 g/mol. The van der Waals surface area contributed by atoms with E-state index in [4.69, 9.17) is 0 Å². The second kappa shape index (κ2) is 5.85. The van der Waals surface area contributed by atoms with Gasteiger partial charge in [-0.15, -0.1) is 11.3 Å². The van der Waals surface area contributed by atoms with Crippen LogP contribution in [0.1, 0.15) is 18.5 Å². The Bertz CT molecular complexity index is 875. The maximum absolute atomic E-state index is 12.4. The maximum Gasteiger partial charge on any atom is 0.296 e. The van der Waals surface area contributed by atoms with Crippen LogP contribution in [-0.4, -0.2) is 26.7 Å². The molecule has 0 bridgehead atoms. The third kappa shape index (κ3) is 2.35. The Morgan fingerprint density at radius 3 is 2.71 bits per heavy atom. The number of anilines is 1. The number of nitrogens with zero attached hydrogens (tertiary/aromatic N) is 3. The lowest BCUT2D eigenvalue weighted by Gasteiger charge is -2.23. The lowest BCUT2D eigenvalue weighted by molar-refractivity contribution is -0.385. The highest BCUT2D eigenvalue weighted by Gasteiger charge is 2.46. The number of aromatic nitrogens is 1. The highest BCUT2D eigenvalue weighted by Crippen LogP contribution is 2.43. The zero-order valence-corrected chi connectivity index (χ0v) is 13.2. The average molecular weight is 345 g/mol. The number of nitro benzene ring substituents is 1. The molecule has 0 radical (unpaired) electrons. The summed E-state index contributed by atoms with van der Waals surface area (Å²) in [5.74, 6) is -2.05. The molecule has 0 saturated heterocycles. The molecule has 9 heteroatoms. The van der Waals surface area contributed by atoms with E-state index < -0.39 is 28.4 Å². The number of hydrogen-bond acceptors (Lipinski definition) is 7. The van der Waals surface area contributed by atoms with Crippen molar-refractivity contribution in [3.63, 3.8) is 0 Å². The number of amides is 1. The van der Waals surface area contributed by atoms with Gasteiger partial charge in [-0.05, 0) is 13.0 Å². The Labute approximate surface area is 139 Å². The first-order chi connectivity index (χ1) is 11.4. The van der Waals surface area contributed by atoms with Crippen LogP contribution in [0.4, 0.5) is 10.8 Å². The lowest BCUT2D eigenvalue weighted by Crippen LogP contribution is -2.31. The molecule has 1 amide bonds. The Morgan fingerprint density at radius 1 is 1.42 bits per heavy atom. The van der Waals surface area contributed by atoms with E-state index in [0.29, 0.717) is 0 Å². The largest absolute Gasteiger partial charge is 0.503 e. The molecule has 1 aromatic heterocycles. The molecular formula is C15H11N3O5S. The summed E-state index contributed by atoms with van der Waals surface area (Å²) in [6.07, 6.45) is 1.46. The van der Waals surface area contributed by atoms with Crippen molar-refractivity contribution in [2.75, 3.05) is 4.90 Å². The number of hydrogen-bond donors (Lipinski definition) is 1. The molecule has 8 nitrogen and oxygen atoms in total. The van der Waals surface area contributed by atoms with Crippen molar-refractivity contribution in [3.05, 3.63) is 62.9 Å². The highest BCUT2D eigenvalue weighted by atomic mass is 32.1. The summed E-state index contributed by atoms with van der Waals surface area (Å²) in [4.78, 5) is 40.3. The highest BCUT2D eigenvalue weighted by molar-refractivity contribution is 7.13. The number of Topliss-reactive ketones (excluding diaryl/α,β-unsaturated/α-hetero) is 1. The van der Waals surface area contributed by atoms with Crippen LogP contribution in [0.2, 0.25) is 0 Å². The first-order valence-electron chi connectivity index (χ1n) is 6.84. The van der Waals surface area contributed by atoms with E-state index >= 15 is 0 Å². The third-order valence-electron chi connectivity index (χ3n) is 3.64. The number of rotatable bonds is 4. The number of benzene rings is 1. The number of para-hydroxylation sites is 1. The van der Waals surface area contributed by atoms with Crippen molar-refractivity contribution in [1.29, 1.82) is 0 Å². The number of aliphatic hydroxyl groups is 1. The molecule has 0 aliphatic carbocycles. The number of nitro groups is 1. The number of carbonyl (C=O) groups excluding carboxylic acids is 2. The van der Waals surface area contributed by atoms with Gasteiger partial charge in [-0.25, -0.2) is 4.98 Å². The summed E-state index contributed by atoms with van der Waals surface area (Å²) >= 11 is 1.13. The van der Waals surface area contributed by atoms with Crippen molar-refractivity contribution in [2.45, 2.75) is 13.0 Å². The van der Waals surface area contributed by atoms with E-state index in [1.165, 1.54) is 31.3 Å². The van der Waals surface area contributed by atoms with Crippen LogP contribution in [0, 0.1) is 10.1 Å². The SMILES string of the molecule is CC(=O)C1=C(O)C(=O)N(c2nccs2)[C@H]1c1ccccc1[N+](=O)[O-]. The van der Waals surface area contributed by atoms with Crippen LogP contribution in [0.15, 0.2) is 47.2 Å². The molecule has 2 heterocycles. The summed E-state index contributed by atoms with van der Waals surface area (Å²) < 4.78 is 0. The minimum absolute atomic E-state index is 0.139. The van der Waals surface area contributed by atoms with Crippen molar-refractivity contribution in [2.24, 2.45) is 0 Å². The lowest BCUT2D eigenvalue weighted by atomic mass is 9.95. The van der Waals surface area contributed by atoms with Crippen molar-refractivity contribution in [1.82, 2.24) is 4.98 Å². The fourth-order valence-corrected chi connectivity index (χ4v) is 3.34. The average Bonchev–Trinajstić information content (AvgIpc) is 3.14. The number of carbonyl (C=O) groups is 2. The molecule has 0 unspecified atom stereocenters. The molecule has 2 aromatic rings. The standard InChI is InChI=1S/C15H11N3O5S/c1-8(19)11-12(9-4-2-3-5-10(9)18(22)23)17(14(21)13(11)20)15-16-6-7-24-15/h2-7,12,20H,1H3/t12-/m0/s1. The van der Waals surface area contributed by atoms with E-state index in [1.807, 2.05) is 0 Å². The molecule has 24 heavy (non-hydrogen) atoms. The Balaban J connectivity index is 2.26. The Hall–Kier alpha value is -3.07. The van der Waals surface area contributed by atoms with Gasteiger partial charge in [0.1, 0.15) is 6.04 Å². The molecular weight excluding hydrogens is 334 g/mol. The predicted molar refractivity (Wildman–Crippen MR) is 85.8 cm³/mol. The molecule has 0 saturated carbocycles. The molecule has 1 aliphatic rings.